The summed E-state index contributed by atoms with van der Waals surface area (Å²) in [5.74, 6) is -1.80. The van der Waals surface area contributed by atoms with Gasteiger partial charge in [-0.05, 0) is 39.3 Å². The van der Waals surface area contributed by atoms with Crippen molar-refractivity contribution in [2.75, 3.05) is 20.2 Å². The van der Waals surface area contributed by atoms with Crippen LogP contribution in [0.15, 0.2) is 33.5 Å². The number of hydrogen-bond donors (Lipinski definition) is 1. The topological polar surface area (TPSA) is 111 Å². The molecule has 2 rings (SSSR count). The summed E-state index contributed by atoms with van der Waals surface area (Å²) in [4.78, 5) is 48.8. The Morgan fingerprint density at radius 1 is 1.21 bits per heavy atom. The highest BCUT2D eigenvalue weighted by molar-refractivity contribution is 5.86. The molecule has 1 heterocycles. The number of rotatable bonds is 8. The summed E-state index contributed by atoms with van der Waals surface area (Å²) in [6.45, 7) is 5.27. The molecule has 158 valence electrons. The predicted molar refractivity (Wildman–Crippen MR) is 106 cm³/mol. The standard InChI is InChI=1S/C20H27N3O6/c1-20(2,3)21-16(24)12-22(4)17(25)13-28-18(26)10-7-11-23-14-8-5-6-9-15(14)29-19(23)27/h5-6,8-9H,7,10-13H2,1-4H3,(H,21,24). The molecule has 0 aliphatic rings. The Labute approximate surface area is 168 Å². The van der Waals surface area contributed by atoms with Gasteiger partial charge in [0.15, 0.2) is 12.2 Å². The number of benzene rings is 1. The van der Waals surface area contributed by atoms with Crippen LogP contribution < -0.4 is 11.1 Å². The Kier molecular flexibility index (Phi) is 7.19. The molecule has 1 aromatic heterocycles. The lowest BCUT2D eigenvalue weighted by molar-refractivity contribution is -0.152. The zero-order valence-corrected chi connectivity index (χ0v) is 17.2. The molecule has 0 saturated carbocycles. The van der Waals surface area contributed by atoms with Crippen LogP contribution in [0.3, 0.4) is 0 Å². The van der Waals surface area contributed by atoms with Gasteiger partial charge < -0.3 is 19.4 Å². The van der Waals surface area contributed by atoms with Gasteiger partial charge in [-0.15, -0.1) is 0 Å². The molecule has 0 unspecified atom stereocenters. The molecule has 1 aromatic carbocycles. The van der Waals surface area contributed by atoms with Crippen molar-refractivity contribution in [3.8, 4) is 0 Å². The molecule has 2 aromatic rings. The third-order valence-electron chi connectivity index (χ3n) is 4.01. The van der Waals surface area contributed by atoms with E-state index in [0.29, 0.717) is 24.1 Å². The van der Waals surface area contributed by atoms with Crippen LogP contribution in [-0.2, 0) is 25.7 Å². The molecule has 9 heteroatoms. The molecule has 9 nitrogen and oxygen atoms in total. The quantitative estimate of drug-likeness (QED) is 0.663. The number of carbonyl (C=O) groups is 3. The molecule has 0 bridgehead atoms. The molecule has 29 heavy (non-hydrogen) atoms. The monoisotopic (exact) mass is 405 g/mol. The summed E-state index contributed by atoms with van der Waals surface area (Å²) < 4.78 is 11.6. The van der Waals surface area contributed by atoms with Crippen LogP contribution in [0.25, 0.3) is 11.1 Å². The van der Waals surface area contributed by atoms with Gasteiger partial charge in [-0.1, -0.05) is 12.1 Å². The van der Waals surface area contributed by atoms with Gasteiger partial charge in [-0.3, -0.25) is 19.0 Å². The van der Waals surface area contributed by atoms with E-state index in [1.54, 1.807) is 24.3 Å². The van der Waals surface area contributed by atoms with Crippen molar-refractivity contribution in [3.05, 3.63) is 34.8 Å². The average molecular weight is 405 g/mol. The van der Waals surface area contributed by atoms with E-state index in [4.69, 9.17) is 9.15 Å². The third kappa shape index (κ3) is 6.78. The maximum Gasteiger partial charge on any atom is 0.419 e. The summed E-state index contributed by atoms with van der Waals surface area (Å²) in [6, 6.07) is 7.04. The first-order valence-electron chi connectivity index (χ1n) is 9.36. The minimum absolute atomic E-state index is 0.0491. The van der Waals surface area contributed by atoms with Crippen molar-refractivity contribution in [2.45, 2.75) is 45.7 Å². The second-order valence-electron chi connectivity index (χ2n) is 7.80. The van der Waals surface area contributed by atoms with Crippen LogP contribution in [0, 0.1) is 0 Å². The Morgan fingerprint density at radius 3 is 2.59 bits per heavy atom. The van der Waals surface area contributed by atoms with E-state index in [2.05, 4.69) is 5.32 Å². The largest absolute Gasteiger partial charge is 0.456 e. The Hall–Kier alpha value is -3.10. The number of para-hydroxylation sites is 2. The zero-order valence-electron chi connectivity index (χ0n) is 17.2. The maximum atomic E-state index is 12.0. The number of oxazole rings is 1. The van der Waals surface area contributed by atoms with Gasteiger partial charge in [0.25, 0.3) is 5.91 Å². The lowest BCUT2D eigenvalue weighted by Crippen LogP contribution is -2.46. The van der Waals surface area contributed by atoms with E-state index in [0.717, 1.165) is 0 Å². The number of carbonyl (C=O) groups excluding carboxylic acids is 3. The summed E-state index contributed by atoms with van der Waals surface area (Å²) in [6.07, 6.45) is 0.410. The van der Waals surface area contributed by atoms with E-state index in [1.807, 2.05) is 20.8 Å². The molecule has 0 saturated heterocycles. The smallest absolute Gasteiger partial charge is 0.419 e. The SMILES string of the molecule is CN(CC(=O)NC(C)(C)C)C(=O)COC(=O)CCCn1c(=O)oc2ccccc21. The molecule has 0 radical (unpaired) electrons. The number of ether oxygens (including phenoxy) is 1. The predicted octanol–water partition coefficient (Wildman–Crippen LogP) is 1.29. The number of amides is 2. The van der Waals surface area contributed by atoms with Crippen molar-refractivity contribution in [2.24, 2.45) is 0 Å². The van der Waals surface area contributed by atoms with Gasteiger partial charge in [0.2, 0.25) is 5.91 Å². The summed E-state index contributed by atoms with van der Waals surface area (Å²) >= 11 is 0. The molecule has 0 aliphatic carbocycles. The van der Waals surface area contributed by atoms with Gasteiger partial charge in [0.05, 0.1) is 12.1 Å². The second kappa shape index (κ2) is 9.40. The van der Waals surface area contributed by atoms with Gasteiger partial charge in [0, 0.05) is 25.6 Å². The molecular weight excluding hydrogens is 378 g/mol. The third-order valence-corrected chi connectivity index (χ3v) is 4.01. The highest BCUT2D eigenvalue weighted by Gasteiger charge is 2.19. The van der Waals surface area contributed by atoms with Crippen LogP contribution in [0.5, 0.6) is 0 Å². The highest BCUT2D eigenvalue weighted by atomic mass is 16.5. The van der Waals surface area contributed by atoms with Crippen molar-refractivity contribution < 1.29 is 23.5 Å². The van der Waals surface area contributed by atoms with E-state index in [-0.39, 0.29) is 18.9 Å². The number of aromatic nitrogens is 1. The van der Waals surface area contributed by atoms with E-state index in [1.165, 1.54) is 16.5 Å². The normalized spacial score (nSPS) is 11.3. The molecule has 0 fully saturated rings. The highest BCUT2D eigenvalue weighted by Crippen LogP contribution is 2.12. The van der Waals surface area contributed by atoms with Crippen LogP contribution in [0.2, 0.25) is 0 Å². The van der Waals surface area contributed by atoms with Crippen molar-refractivity contribution in [1.82, 2.24) is 14.8 Å². The second-order valence-corrected chi connectivity index (χ2v) is 7.80. The fraction of sp³-hybridized carbons (Fsp3) is 0.500. The van der Waals surface area contributed by atoms with Crippen molar-refractivity contribution in [1.29, 1.82) is 0 Å². The number of likely N-dealkylation sites (N-methyl/N-ethyl adjacent to an activating group) is 1. The number of hydrogen-bond acceptors (Lipinski definition) is 6. The molecule has 0 aliphatic heterocycles. The number of nitrogens with zero attached hydrogens (tertiary/aromatic N) is 2. The fourth-order valence-electron chi connectivity index (χ4n) is 2.69. The molecular formula is C20H27N3O6. The molecule has 0 atom stereocenters. The Morgan fingerprint density at radius 2 is 1.90 bits per heavy atom. The van der Waals surface area contributed by atoms with Crippen LogP contribution in [0.1, 0.15) is 33.6 Å². The number of fused-ring (bicyclic) bond motifs is 1. The Bertz CT molecular complexity index is 938. The van der Waals surface area contributed by atoms with E-state index >= 15 is 0 Å². The number of esters is 1. The number of aryl methyl sites for hydroxylation is 1. The van der Waals surface area contributed by atoms with Gasteiger partial charge in [-0.25, -0.2) is 4.79 Å². The molecule has 0 spiro atoms. The van der Waals surface area contributed by atoms with Gasteiger partial charge in [-0.2, -0.15) is 0 Å². The van der Waals surface area contributed by atoms with Crippen LogP contribution >= 0.6 is 0 Å². The summed E-state index contributed by atoms with van der Waals surface area (Å²) in [5, 5.41) is 2.75. The zero-order chi connectivity index (χ0) is 21.6. The first-order valence-corrected chi connectivity index (χ1v) is 9.36. The minimum Gasteiger partial charge on any atom is -0.456 e. The van der Waals surface area contributed by atoms with Gasteiger partial charge >= 0.3 is 11.7 Å². The van der Waals surface area contributed by atoms with Crippen molar-refractivity contribution >= 4 is 28.9 Å². The van der Waals surface area contributed by atoms with Crippen molar-refractivity contribution in [3.63, 3.8) is 0 Å². The van der Waals surface area contributed by atoms with E-state index < -0.39 is 29.8 Å². The lowest BCUT2D eigenvalue weighted by Gasteiger charge is -2.23. The summed E-state index contributed by atoms with van der Waals surface area (Å²) in [5.41, 5.74) is 0.760. The first-order chi connectivity index (χ1) is 13.6. The minimum atomic E-state index is -0.549. The lowest BCUT2D eigenvalue weighted by atomic mass is 10.1. The van der Waals surface area contributed by atoms with E-state index in [9.17, 15) is 19.2 Å². The summed E-state index contributed by atoms with van der Waals surface area (Å²) in [7, 11) is 1.47. The average Bonchev–Trinajstić information content (AvgIpc) is 2.93. The molecule has 1 N–H and O–H groups in total. The maximum absolute atomic E-state index is 12.0. The molecule has 2 amide bonds. The van der Waals surface area contributed by atoms with Crippen LogP contribution in [-0.4, -0.2) is 53.0 Å². The fourth-order valence-corrected chi connectivity index (χ4v) is 2.69. The van der Waals surface area contributed by atoms with Gasteiger partial charge in [0.1, 0.15) is 0 Å². The Balaban J connectivity index is 1.74. The van der Waals surface area contributed by atoms with Crippen LogP contribution in [0.4, 0.5) is 0 Å². The first kappa shape index (κ1) is 22.2. The number of nitrogens with one attached hydrogen (secondary N) is 1.